The second-order valence-corrected chi connectivity index (χ2v) is 7.94. The Hall–Kier alpha value is -1.47. The van der Waals surface area contributed by atoms with Crippen molar-refractivity contribution in [3.05, 3.63) is 16.8 Å². The summed E-state index contributed by atoms with van der Waals surface area (Å²) in [6.45, 7) is 6.29. The second kappa shape index (κ2) is 5.96. The summed E-state index contributed by atoms with van der Waals surface area (Å²) in [6, 6.07) is 0. The molecule has 1 aliphatic rings. The van der Waals surface area contributed by atoms with Crippen molar-refractivity contribution in [2.24, 2.45) is 5.92 Å². The van der Waals surface area contributed by atoms with Gasteiger partial charge in [-0.2, -0.15) is 0 Å². The molecule has 1 fully saturated rings. The lowest BCUT2D eigenvalue weighted by Crippen LogP contribution is -2.26. The minimum absolute atomic E-state index is 0.0809. The van der Waals surface area contributed by atoms with Crippen LogP contribution in [0.2, 0.25) is 0 Å². The van der Waals surface area contributed by atoms with E-state index < -0.39 is 0 Å². The molecule has 7 heteroatoms. The molecule has 1 saturated heterocycles. The number of rotatable bonds is 3. The first-order valence-electron chi connectivity index (χ1n) is 7.11. The molecule has 2 aromatic rings. The summed E-state index contributed by atoms with van der Waals surface area (Å²) in [4.78, 5) is 36.0. The molecule has 0 N–H and O–H groups in total. The Kier molecular flexibility index (Phi) is 4.18. The van der Waals surface area contributed by atoms with Crippen molar-refractivity contribution in [1.82, 2.24) is 9.97 Å². The van der Waals surface area contributed by atoms with Crippen molar-refractivity contribution >= 4 is 50.2 Å². The minimum Gasteiger partial charge on any atom is -0.296 e. The Labute approximate surface area is 137 Å². The number of amides is 1. The average Bonchev–Trinajstić information content (AvgIpc) is 2.98. The highest BCUT2D eigenvalue weighted by atomic mass is 32.2. The monoisotopic (exact) mass is 335 g/mol. The zero-order valence-corrected chi connectivity index (χ0v) is 14.4. The molecule has 5 nitrogen and oxygen atoms in total. The van der Waals surface area contributed by atoms with E-state index in [4.69, 9.17) is 0 Å². The third-order valence-corrected chi connectivity index (χ3v) is 6.09. The smallest absolute Gasteiger partial charge is 0.228 e. The third kappa shape index (κ3) is 2.75. The van der Waals surface area contributed by atoms with Crippen LogP contribution >= 0.6 is 23.1 Å². The van der Waals surface area contributed by atoms with E-state index in [1.54, 1.807) is 23.2 Å². The third-order valence-electron chi connectivity index (χ3n) is 3.93. The van der Waals surface area contributed by atoms with Gasteiger partial charge in [0, 0.05) is 30.5 Å². The van der Waals surface area contributed by atoms with Gasteiger partial charge in [-0.1, -0.05) is 11.8 Å². The van der Waals surface area contributed by atoms with E-state index in [1.807, 2.05) is 6.92 Å². The maximum Gasteiger partial charge on any atom is 0.228 e. The first-order valence-corrected chi connectivity index (χ1v) is 8.92. The highest BCUT2D eigenvalue weighted by Crippen LogP contribution is 2.36. The Bertz CT molecular complexity index is 757. The molecule has 1 amide bonds. The fourth-order valence-electron chi connectivity index (χ4n) is 2.70. The number of thioether (sulfide) groups is 1. The number of aromatic nitrogens is 2. The highest BCUT2D eigenvalue weighted by Gasteiger charge is 2.33. The number of aryl methyl sites for hydroxylation is 2. The van der Waals surface area contributed by atoms with E-state index in [0.29, 0.717) is 24.5 Å². The van der Waals surface area contributed by atoms with Crippen LogP contribution in [-0.4, -0.2) is 33.3 Å². The molecule has 116 valence electrons. The molecule has 0 aliphatic carbocycles. The van der Waals surface area contributed by atoms with Crippen molar-refractivity contribution in [1.29, 1.82) is 0 Å². The van der Waals surface area contributed by atoms with Crippen LogP contribution in [0.3, 0.4) is 0 Å². The first kappa shape index (κ1) is 15.4. The Morgan fingerprint density at radius 3 is 2.95 bits per heavy atom. The van der Waals surface area contributed by atoms with Gasteiger partial charge in [0.1, 0.15) is 17.0 Å². The van der Waals surface area contributed by atoms with Crippen LogP contribution in [-0.2, 0) is 9.59 Å². The van der Waals surface area contributed by atoms with Crippen LogP contribution in [0.25, 0.3) is 10.2 Å². The molecule has 0 spiro atoms. The summed E-state index contributed by atoms with van der Waals surface area (Å²) < 4.78 is 0. The van der Waals surface area contributed by atoms with E-state index in [1.165, 1.54) is 23.0 Å². The van der Waals surface area contributed by atoms with Gasteiger partial charge in [0.2, 0.25) is 5.91 Å². The van der Waals surface area contributed by atoms with Crippen LogP contribution in [0.1, 0.15) is 23.8 Å². The summed E-state index contributed by atoms with van der Waals surface area (Å²) in [5.74, 6) is 1.68. The summed E-state index contributed by atoms with van der Waals surface area (Å²) in [7, 11) is 0. The summed E-state index contributed by atoms with van der Waals surface area (Å²) in [5.41, 5.74) is 1.14. The van der Waals surface area contributed by atoms with Gasteiger partial charge in [-0.25, -0.2) is 9.97 Å². The number of fused-ring (bicyclic) bond motifs is 1. The van der Waals surface area contributed by atoms with Gasteiger partial charge in [0.05, 0.1) is 5.39 Å². The standard InChI is InChI=1S/C15H17N3O2S2/c1-8-9(2)22-15-13(8)14(16-7-17-15)18-5-11(4-12(18)20)6-21-10(3)19/h7,11H,4-6H2,1-3H3. The van der Waals surface area contributed by atoms with Crippen LogP contribution in [0.5, 0.6) is 0 Å². The molecule has 1 atom stereocenters. The lowest BCUT2D eigenvalue weighted by atomic mass is 10.1. The summed E-state index contributed by atoms with van der Waals surface area (Å²) in [6.07, 6.45) is 2.01. The minimum atomic E-state index is 0.0809. The molecule has 3 heterocycles. The van der Waals surface area contributed by atoms with Crippen LogP contribution in [0, 0.1) is 19.8 Å². The van der Waals surface area contributed by atoms with E-state index in [-0.39, 0.29) is 16.9 Å². The fraction of sp³-hybridized carbons (Fsp3) is 0.467. The Balaban J connectivity index is 1.91. The molecule has 0 aromatic carbocycles. The van der Waals surface area contributed by atoms with Gasteiger partial charge >= 0.3 is 0 Å². The number of nitrogens with zero attached hydrogens (tertiary/aromatic N) is 3. The number of anilines is 1. The lowest BCUT2D eigenvalue weighted by Gasteiger charge is -2.16. The molecular formula is C15H17N3O2S2. The molecule has 1 aliphatic heterocycles. The highest BCUT2D eigenvalue weighted by molar-refractivity contribution is 8.13. The first-order chi connectivity index (χ1) is 10.5. The van der Waals surface area contributed by atoms with Gasteiger partial charge in [-0.15, -0.1) is 11.3 Å². The maximum atomic E-state index is 12.4. The van der Waals surface area contributed by atoms with Crippen LogP contribution in [0.4, 0.5) is 5.82 Å². The van der Waals surface area contributed by atoms with Crippen LogP contribution in [0.15, 0.2) is 6.33 Å². The zero-order chi connectivity index (χ0) is 15.9. The number of hydrogen-bond acceptors (Lipinski definition) is 6. The van der Waals surface area contributed by atoms with Crippen molar-refractivity contribution in [2.45, 2.75) is 27.2 Å². The van der Waals surface area contributed by atoms with E-state index in [0.717, 1.165) is 15.8 Å². The van der Waals surface area contributed by atoms with Gasteiger partial charge in [0.25, 0.3) is 0 Å². The molecule has 22 heavy (non-hydrogen) atoms. The van der Waals surface area contributed by atoms with E-state index in [9.17, 15) is 9.59 Å². The van der Waals surface area contributed by atoms with Crippen molar-refractivity contribution in [2.75, 3.05) is 17.2 Å². The van der Waals surface area contributed by atoms with Gasteiger partial charge in [-0.3, -0.25) is 14.5 Å². The van der Waals surface area contributed by atoms with E-state index >= 15 is 0 Å². The topological polar surface area (TPSA) is 63.2 Å². The van der Waals surface area contributed by atoms with Crippen molar-refractivity contribution < 1.29 is 9.59 Å². The SMILES string of the molecule is CC(=O)SCC1CC(=O)N(c2ncnc3sc(C)c(C)c23)C1. The summed E-state index contributed by atoms with van der Waals surface area (Å²) >= 11 is 2.92. The number of thiophene rings is 1. The number of carbonyl (C=O) groups is 2. The van der Waals surface area contributed by atoms with Gasteiger partial charge in [0.15, 0.2) is 5.12 Å². The lowest BCUT2D eigenvalue weighted by molar-refractivity contribution is -0.117. The maximum absolute atomic E-state index is 12.4. The van der Waals surface area contributed by atoms with E-state index in [2.05, 4.69) is 16.9 Å². The molecule has 0 saturated carbocycles. The number of hydrogen-bond donors (Lipinski definition) is 0. The number of carbonyl (C=O) groups excluding carboxylic acids is 2. The fourth-order valence-corrected chi connectivity index (χ4v) is 4.39. The Morgan fingerprint density at radius 1 is 1.45 bits per heavy atom. The van der Waals surface area contributed by atoms with Crippen molar-refractivity contribution in [3.63, 3.8) is 0 Å². The second-order valence-electron chi connectivity index (χ2n) is 5.54. The molecule has 2 aromatic heterocycles. The van der Waals surface area contributed by atoms with Gasteiger partial charge < -0.3 is 0 Å². The molecule has 0 bridgehead atoms. The van der Waals surface area contributed by atoms with Crippen LogP contribution < -0.4 is 4.90 Å². The molecular weight excluding hydrogens is 318 g/mol. The predicted octanol–water partition coefficient (Wildman–Crippen LogP) is 2.94. The van der Waals surface area contributed by atoms with Crippen molar-refractivity contribution in [3.8, 4) is 0 Å². The average molecular weight is 335 g/mol. The molecule has 3 rings (SSSR count). The molecule has 0 radical (unpaired) electrons. The van der Waals surface area contributed by atoms with Gasteiger partial charge in [-0.05, 0) is 25.3 Å². The normalized spacial score (nSPS) is 18.4. The predicted molar refractivity (Wildman–Crippen MR) is 90.5 cm³/mol. The largest absolute Gasteiger partial charge is 0.296 e. The quantitative estimate of drug-likeness (QED) is 0.863. The molecule has 1 unspecified atom stereocenters. The zero-order valence-electron chi connectivity index (χ0n) is 12.8. The Morgan fingerprint density at radius 2 is 2.23 bits per heavy atom. The summed E-state index contributed by atoms with van der Waals surface area (Å²) in [5, 5.41) is 1.08.